The molecule has 1 aliphatic carbocycles. The molecule has 3 nitrogen and oxygen atoms in total. The fourth-order valence-electron chi connectivity index (χ4n) is 3.64. The normalized spacial score (nSPS) is 29.9. The smallest absolute Gasteiger partial charge is 0.238 e. The number of benzene rings is 1. The maximum Gasteiger partial charge on any atom is 0.238 e. The van der Waals surface area contributed by atoms with Crippen molar-refractivity contribution < 1.29 is 4.79 Å². The molecular weight excluding hydrogens is 284 g/mol. The Labute approximate surface area is 131 Å². The van der Waals surface area contributed by atoms with Gasteiger partial charge in [0.2, 0.25) is 5.91 Å². The van der Waals surface area contributed by atoms with Gasteiger partial charge in [0.05, 0.1) is 6.54 Å². The van der Waals surface area contributed by atoms with Crippen molar-refractivity contribution in [3.63, 3.8) is 0 Å². The van der Waals surface area contributed by atoms with E-state index in [1.165, 1.54) is 25.7 Å². The van der Waals surface area contributed by atoms with Gasteiger partial charge in [0.1, 0.15) is 6.17 Å². The number of halogens is 1. The van der Waals surface area contributed by atoms with E-state index in [1.807, 2.05) is 29.2 Å². The largest absolute Gasteiger partial charge is 0.322 e. The van der Waals surface area contributed by atoms with Crippen molar-refractivity contribution in [3.8, 4) is 0 Å². The number of hydrogen-bond donors (Lipinski definition) is 1. The van der Waals surface area contributed by atoms with Crippen molar-refractivity contribution in [1.29, 1.82) is 0 Å². The van der Waals surface area contributed by atoms with Crippen LogP contribution in [0.15, 0.2) is 24.3 Å². The van der Waals surface area contributed by atoms with E-state index < -0.39 is 0 Å². The van der Waals surface area contributed by atoms with E-state index in [9.17, 15) is 4.79 Å². The average molecular weight is 307 g/mol. The molecule has 1 aromatic rings. The van der Waals surface area contributed by atoms with Gasteiger partial charge in [-0.05, 0) is 36.0 Å². The van der Waals surface area contributed by atoms with Gasteiger partial charge in [-0.2, -0.15) is 0 Å². The van der Waals surface area contributed by atoms with Gasteiger partial charge >= 0.3 is 0 Å². The van der Waals surface area contributed by atoms with Gasteiger partial charge in [-0.15, -0.1) is 0 Å². The molecule has 0 bridgehead atoms. The molecule has 114 valence electrons. The molecule has 3 rings (SSSR count). The molecule has 2 aliphatic rings. The second-order valence-corrected chi connectivity index (χ2v) is 6.84. The first kappa shape index (κ1) is 14.9. The molecule has 3 atom stereocenters. The summed E-state index contributed by atoms with van der Waals surface area (Å²) in [6.07, 6.45) is 5.15. The molecule has 1 N–H and O–H groups in total. The molecule has 0 radical (unpaired) electrons. The van der Waals surface area contributed by atoms with E-state index in [0.29, 0.717) is 18.4 Å². The Morgan fingerprint density at radius 1 is 1.33 bits per heavy atom. The lowest BCUT2D eigenvalue weighted by Crippen LogP contribution is -2.37. The topological polar surface area (TPSA) is 32.3 Å². The van der Waals surface area contributed by atoms with Crippen LogP contribution in [0.1, 0.15) is 44.3 Å². The molecule has 1 amide bonds. The highest BCUT2D eigenvalue weighted by Gasteiger charge is 2.34. The molecule has 3 unspecified atom stereocenters. The minimum Gasteiger partial charge on any atom is -0.322 e. The van der Waals surface area contributed by atoms with Crippen LogP contribution in [0.25, 0.3) is 0 Å². The fourth-order valence-corrected chi connectivity index (χ4v) is 3.84. The predicted molar refractivity (Wildman–Crippen MR) is 85.0 cm³/mol. The Morgan fingerprint density at radius 3 is 2.90 bits per heavy atom. The number of carbonyl (C=O) groups excluding carboxylic acids is 1. The Morgan fingerprint density at radius 2 is 2.14 bits per heavy atom. The van der Waals surface area contributed by atoms with E-state index in [2.05, 4.69) is 12.2 Å². The fraction of sp³-hybridized carbons (Fsp3) is 0.588. The van der Waals surface area contributed by atoms with Crippen molar-refractivity contribution in [2.24, 2.45) is 11.8 Å². The summed E-state index contributed by atoms with van der Waals surface area (Å²) >= 11 is 6.09. The summed E-state index contributed by atoms with van der Waals surface area (Å²) in [7, 11) is 0. The third kappa shape index (κ3) is 3.24. The van der Waals surface area contributed by atoms with Crippen LogP contribution < -0.4 is 5.32 Å². The number of hydrogen-bond acceptors (Lipinski definition) is 2. The minimum atomic E-state index is -0.0228. The summed E-state index contributed by atoms with van der Waals surface area (Å²) in [4.78, 5) is 14.3. The monoisotopic (exact) mass is 306 g/mol. The standard InChI is InChI=1S/C17H23ClN2O/c1-12-5-2-3-6-14(12)11-20-16(21)10-19-17(20)13-7-4-8-15(18)9-13/h4,7-9,12,14,17,19H,2-3,5-6,10-11H2,1H3. The van der Waals surface area contributed by atoms with Gasteiger partial charge in [-0.3, -0.25) is 10.1 Å². The third-order valence-corrected chi connectivity index (χ3v) is 5.20. The first-order chi connectivity index (χ1) is 10.1. The Kier molecular flexibility index (Phi) is 4.51. The zero-order valence-corrected chi connectivity index (χ0v) is 13.3. The Hall–Kier alpha value is -1.06. The third-order valence-electron chi connectivity index (χ3n) is 4.96. The predicted octanol–water partition coefficient (Wildman–Crippen LogP) is 3.60. The van der Waals surface area contributed by atoms with Crippen LogP contribution in [-0.2, 0) is 4.79 Å². The van der Waals surface area contributed by atoms with Crippen LogP contribution in [0.4, 0.5) is 0 Å². The molecule has 0 spiro atoms. The second-order valence-electron chi connectivity index (χ2n) is 6.41. The van der Waals surface area contributed by atoms with E-state index in [4.69, 9.17) is 11.6 Å². The van der Waals surface area contributed by atoms with Gasteiger partial charge in [0, 0.05) is 11.6 Å². The van der Waals surface area contributed by atoms with E-state index in [-0.39, 0.29) is 12.1 Å². The van der Waals surface area contributed by atoms with Crippen LogP contribution in [0.3, 0.4) is 0 Å². The lowest BCUT2D eigenvalue weighted by atomic mass is 9.80. The van der Waals surface area contributed by atoms with E-state index >= 15 is 0 Å². The summed E-state index contributed by atoms with van der Waals surface area (Å²) in [5.74, 6) is 1.55. The number of nitrogens with one attached hydrogen (secondary N) is 1. The first-order valence-corrected chi connectivity index (χ1v) is 8.31. The molecule has 1 saturated heterocycles. The van der Waals surface area contributed by atoms with Crippen LogP contribution in [0.5, 0.6) is 0 Å². The average Bonchev–Trinajstić information content (AvgIpc) is 2.83. The summed E-state index contributed by atoms with van der Waals surface area (Å²) in [5.41, 5.74) is 1.08. The summed E-state index contributed by atoms with van der Waals surface area (Å²) in [6, 6.07) is 7.81. The summed E-state index contributed by atoms with van der Waals surface area (Å²) < 4.78 is 0. The van der Waals surface area contributed by atoms with Gasteiger partial charge < -0.3 is 4.90 Å². The maximum absolute atomic E-state index is 12.3. The van der Waals surface area contributed by atoms with Crippen LogP contribution >= 0.6 is 11.6 Å². The second kappa shape index (κ2) is 6.37. The lowest BCUT2D eigenvalue weighted by Gasteiger charge is -2.34. The number of nitrogens with zero attached hydrogens (tertiary/aromatic N) is 1. The first-order valence-electron chi connectivity index (χ1n) is 7.93. The number of rotatable bonds is 3. The van der Waals surface area contributed by atoms with Gasteiger partial charge in [0.25, 0.3) is 0 Å². The highest BCUT2D eigenvalue weighted by atomic mass is 35.5. The van der Waals surface area contributed by atoms with Crippen LogP contribution in [-0.4, -0.2) is 23.9 Å². The molecular formula is C17H23ClN2O. The van der Waals surface area contributed by atoms with Crippen molar-refractivity contribution >= 4 is 17.5 Å². The van der Waals surface area contributed by atoms with Gasteiger partial charge in [-0.25, -0.2) is 0 Å². The van der Waals surface area contributed by atoms with Crippen LogP contribution in [0, 0.1) is 11.8 Å². The molecule has 1 aliphatic heterocycles. The summed E-state index contributed by atoms with van der Waals surface area (Å²) in [6.45, 7) is 3.62. The van der Waals surface area contributed by atoms with Crippen molar-refractivity contribution in [3.05, 3.63) is 34.9 Å². The maximum atomic E-state index is 12.3. The van der Waals surface area contributed by atoms with Gasteiger partial charge in [-0.1, -0.05) is 49.9 Å². The van der Waals surface area contributed by atoms with E-state index in [1.54, 1.807) is 0 Å². The molecule has 1 aromatic carbocycles. The highest BCUT2D eigenvalue weighted by molar-refractivity contribution is 6.30. The lowest BCUT2D eigenvalue weighted by molar-refractivity contribution is -0.129. The Bertz CT molecular complexity index is 519. The number of carbonyl (C=O) groups is 1. The van der Waals surface area contributed by atoms with Crippen molar-refractivity contribution in [1.82, 2.24) is 10.2 Å². The number of amides is 1. The molecule has 1 saturated carbocycles. The quantitative estimate of drug-likeness (QED) is 0.925. The van der Waals surface area contributed by atoms with Crippen LogP contribution in [0.2, 0.25) is 5.02 Å². The highest BCUT2D eigenvalue weighted by Crippen LogP contribution is 2.33. The molecule has 2 fully saturated rings. The van der Waals surface area contributed by atoms with Crippen molar-refractivity contribution in [2.75, 3.05) is 13.1 Å². The minimum absolute atomic E-state index is 0.0228. The summed E-state index contributed by atoms with van der Waals surface area (Å²) in [5, 5.41) is 4.04. The molecule has 4 heteroatoms. The Balaban J connectivity index is 1.76. The zero-order chi connectivity index (χ0) is 14.8. The van der Waals surface area contributed by atoms with Crippen molar-refractivity contribution in [2.45, 2.75) is 38.8 Å². The van der Waals surface area contributed by atoms with E-state index in [0.717, 1.165) is 17.1 Å². The molecule has 0 aromatic heterocycles. The molecule has 21 heavy (non-hydrogen) atoms. The zero-order valence-electron chi connectivity index (χ0n) is 12.5. The SMILES string of the molecule is CC1CCCCC1CN1C(=O)CNC1c1cccc(Cl)c1. The van der Waals surface area contributed by atoms with Gasteiger partial charge in [0.15, 0.2) is 0 Å². The molecule has 1 heterocycles.